The molecule has 2 aliphatic rings. The van der Waals surface area contributed by atoms with Crippen molar-refractivity contribution in [1.29, 1.82) is 0 Å². The van der Waals surface area contributed by atoms with Crippen LogP contribution in [-0.4, -0.2) is 0 Å². The molecule has 3 unspecified atom stereocenters. The molecule has 1 nitrogen and oxygen atoms in total. The fourth-order valence-electron chi connectivity index (χ4n) is 6.17. The zero-order valence-corrected chi connectivity index (χ0v) is 21.3. The number of alkyl halides is 2. The molecule has 0 aliphatic heterocycles. The monoisotopic (exact) mass is 558 g/mol. The van der Waals surface area contributed by atoms with E-state index in [0.29, 0.717) is 35.2 Å². The van der Waals surface area contributed by atoms with E-state index in [9.17, 15) is 30.7 Å². The highest BCUT2D eigenvalue weighted by atomic mass is 31.0. The van der Waals surface area contributed by atoms with Gasteiger partial charge in [0.1, 0.15) is 28.8 Å². The van der Waals surface area contributed by atoms with Crippen LogP contribution in [0.4, 0.5) is 35.1 Å². The summed E-state index contributed by atoms with van der Waals surface area (Å²) >= 11 is 0. The molecule has 0 N–H and O–H groups in total. The quantitative estimate of drug-likeness (QED) is 0.174. The largest absolute Gasteiger partial charge is 0.432 e. The lowest BCUT2D eigenvalue weighted by Crippen LogP contribution is -2.25. The molecule has 38 heavy (non-hydrogen) atoms. The number of fused-ring (bicyclic) bond motifs is 1. The Labute approximate surface area is 216 Å². The van der Waals surface area contributed by atoms with Gasteiger partial charge in [-0.3, -0.25) is 0 Å². The standard InChI is InChI=1S/C28H23F8OP/c1-12-2-13-4-15(5-14(13)3-12)16-6-19(29)25(24(38)9-16)17-7-20(30)26(21(31)8-17)28(35,36)37-18-10-22(32)27(34)23(33)11-18/h6-15H,2-5,38H2,1H3. The molecule has 3 aromatic carbocycles. The highest BCUT2D eigenvalue weighted by Gasteiger charge is 2.42. The minimum Gasteiger partial charge on any atom is -0.429 e. The molecule has 0 saturated heterocycles. The number of hydrogen-bond donors (Lipinski definition) is 0. The van der Waals surface area contributed by atoms with E-state index in [1.807, 2.05) is 0 Å². The van der Waals surface area contributed by atoms with Crippen molar-refractivity contribution >= 4 is 14.5 Å². The predicted molar refractivity (Wildman–Crippen MR) is 129 cm³/mol. The number of hydrogen-bond acceptors (Lipinski definition) is 1. The average molecular weight is 558 g/mol. The van der Waals surface area contributed by atoms with Crippen molar-refractivity contribution in [2.24, 2.45) is 17.8 Å². The summed E-state index contributed by atoms with van der Waals surface area (Å²) in [4.78, 5) is 0. The Hall–Kier alpha value is -2.67. The van der Waals surface area contributed by atoms with Crippen LogP contribution in [0, 0.1) is 52.7 Å². The van der Waals surface area contributed by atoms with Gasteiger partial charge in [0.15, 0.2) is 17.5 Å². The van der Waals surface area contributed by atoms with Crippen LogP contribution in [0.3, 0.4) is 0 Å². The molecule has 10 heteroatoms. The van der Waals surface area contributed by atoms with Crippen molar-refractivity contribution in [3.05, 3.63) is 82.4 Å². The summed E-state index contributed by atoms with van der Waals surface area (Å²) in [6, 6.07) is 4.37. The van der Waals surface area contributed by atoms with Crippen LogP contribution >= 0.6 is 9.24 Å². The highest BCUT2D eigenvalue weighted by molar-refractivity contribution is 7.28. The summed E-state index contributed by atoms with van der Waals surface area (Å²) in [6.45, 7) is 2.23. The fourth-order valence-corrected chi connectivity index (χ4v) is 6.66. The molecule has 202 valence electrons. The molecule has 0 amide bonds. The first-order valence-electron chi connectivity index (χ1n) is 12.1. The lowest BCUT2D eigenvalue weighted by molar-refractivity contribution is -0.189. The summed E-state index contributed by atoms with van der Waals surface area (Å²) in [5.41, 5.74) is -1.54. The third-order valence-electron chi connectivity index (χ3n) is 7.69. The van der Waals surface area contributed by atoms with Gasteiger partial charge in [0, 0.05) is 17.7 Å². The molecular weight excluding hydrogens is 535 g/mol. The van der Waals surface area contributed by atoms with E-state index in [0.717, 1.165) is 31.2 Å². The average Bonchev–Trinajstić information content (AvgIpc) is 3.33. The van der Waals surface area contributed by atoms with Crippen LogP contribution in [0.2, 0.25) is 0 Å². The summed E-state index contributed by atoms with van der Waals surface area (Å²) in [7, 11) is 2.33. The van der Waals surface area contributed by atoms with Crippen LogP contribution in [0.25, 0.3) is 11.1 Å². The molecular formula is C28H23F8OP. The van der Waals surface area contributed by atoms with Gasteiger partial charge in [0.2, 0.25) is 0 Å². The van der Waals surface area contributed by atoms with Crippen LogP contribution in [-0.2, 0) is 6.11 Å². The first-order valence-corrected chi connectivity index (χ1v) is 12.7. The summed E-state index contributed by atoms with van der Waals surface area (Å²) in [5, 5.41) is 0.317. The second kappa shape index (κ2) is 9.82. The first kappa shape index (κ1) is 26.9. The van der Waals surface area contributed by atoms with E-state index < -0.39 is 52.3 Å². The Bertz CT molecular complexity index is 1320. The van der Waals surface area contributed by atoms with E-state index in [-0.39, 0.29) is 29.2 Å². The Balaban J connectivity index is 1.43. The van der Waals surface area contributed by atoms with Crippen molar-refractivity contribution in [2.75, 3.05) is 0 Å². The molecule has 3 aromatic rings. The van der Waals surface area contributed by atoms with Gasteiger partial charge in [-0.15, -0.1) is 9.24 Å². The van der Waals surface area contributed by atoms with E-state index in [1.165, 1.54) is 6.07 Å². The number of ether oxygens (including phenoxy) is 1. The minimum atomic E-state index is -4.73. The maximum absolute atomic E-state index is 15.3. The first-order chi connectivity index (χ1) is 17.8. The van der Waals surface area contributed by atoms with Gasteiger partial charge in [-0.2, -0.15) is 8.78 Å². The molecule has 2 fully saturated rings. The second-order valence-electron chi connectivity index (χ2n) is 10.4. The Morgan fingerprint density at radius 2 is 1.29 bits per heavy atom. The van der Waals surface area contributed by atoms with Crippen molar-refractivity contribution in [3.63, 3.8) is 0 Å². The SMILES string of the molecule is CC1CC2CC(c3cc(F)c(-c4cc(F)c(C(F)(F)Oc5cc(F)c(F)c(F)c5)c(F)c4)c(P)c3)CC2C1. The Morgan fingerprint density at radius 1 is 0.737 bits per heavy atom. The molecule has 0 radical (unpaired) electrons. The van der Waals surface area contributed by atoms with Crippen LogP contribution in [0.1, 0.15) is 49.7 Å². The van der Waals surface area contributed by atoms with Crippen LogP contribution < -0.4 is 10.0 Å². The second-order valence-corrected chi connectivity index (χ2v) is 11.0. The molecule has 0 bridgehead atoms. The number of halogens is 8. The fraction of sp³-hybridized carbons (Fsp3) is 0.357. The normalized spacial score (nSPS) is 23.1. The lowest BCUT2D eigenvalue weighted by atomic mass is 9.91. The van der Waals surface area contributed by atoms with E-state index in [4.69, 9.17) is 0 Å². The summed E-state index contributed by atoms with van der Waals surface area (Å²) in [5.74, 6) is -8.96. The maximum atomic E-state index is 15.3. The van der Waals surface area contributed by atoms with E-state index in [1.54, 1.807) is 6.07 Å². The lowest BCUT2D eigenvalue weighted by Gasteiger charge is -2.21. The Kier molecular flexibility index (Phi) is 6.95. The van der Waals surface area contributed by atoms with Crippen LogP contribution in [0.15, 0.2) is 36.4 Å². The molecule has 2 aliphatic carbocycles. The van der Waals surface area contributed by atoms with E-state index >= 15 is 4.39 Å². The van der Waals surface area contributed by atoms with Crippen molar-refractivity contribution in [3.8, 4) is 16.9 Å². The van der Waals surface area contributed by atoms with Gasteiger partial charge >= 0.3 is 6.11 Å². The van der Waals surface area contributed by atoms with Gasteiger partial charge in [-0.25, -0.2) is 26.3 Å². The van der Waals surface area contributed by atoms with Gasteiger partial charge in [-0.05, 0) is 84.0 Å². The molecule has 2 saturated carbocycles. The predicted octanol–water partition coefficient (Wildman–Crippen LogP) is 8.36. The zero-order chi connectivity index (χ0) is 27.5. The molecule has 0 heterocycles. The van der Waals surface area contributed by atoms with Crippen LogP contribution in [0.5, 0.6) is 5.75 Å². The smallest absolute Gasteiger partial charge is 0.429 e. The van der Waals surface area contributed by atoms with Gasteiger partial charge < -0.3 is 4.74 Å². The maximum Gasteiger partial charge on any atom is 0.432 e. The zero-order valence-electron chi connectivity index (χ0n) is 20.1. The number of rotatable bonds is 5. The van der Waals surface area contributed by atoms with Gasteiger partial charge in [0.05, 0.1) is 0 Å². The third-order valence-corrected chi connectivity index (χ3v) is 8.15. The molecule has 3 atom stereocenters. The van der Waals surface area contributed by atoms with E-state index in [2.05, 4.69) is 20.9 Å². The molecule has 0 spiro atoms. The van der Waals surface area contributed by atoms with Crippen molar-refractivity contribution in [1.82, 2.24) is 0 Å². The summed E-state index contributed by atoms with van der Waals surface area (Å²) < 4.78 is 118. The molecule has 5 rings (SSSR count). The number of benzene rings is 3. The summed E-state index contributed by atoms with van der Waals surface area (Å²) in [6.07, 6.45) is -0.521. The van der Waals surface area contributed by atoms with Crippen molar-refractivity contribution in [2.45, 2.75) is 44.6 Å². The minimum absolute atomic E-state index is 0.117. The third kappa shape index (κ3) is 4.90. The van der Waals surface area contributed by atoms with Gasteiger partial charge in [-0.1, -0.05) is 13.0 Å². The molecule has 0 aromatic heterocycles. The van der Waals surface area contributed by atoms with Crippen molar-refractivity contribution < 1.29 is 39.9 Å². The van der Waals surface area contributed by atoms with Gasteiger partial charge in [0.25, 0.3) is 0 Å². The topological polar surface area (TPSA) is 9.23 Å². The highest BCUT2D eigenvalue weighted by Crippen LogP contribution is 2.52. The Morgan fingerprint density at radius 3 is 1.82 bits per heavy atom.